The van der Waals surface area contributed by atoms with E-state index in [1.165, 1.54) is 0 Å². The van der Waals surface area contributed by atoms with Crippen molar-refractivity contribution in [3.63, 3.8) is 0 Å². The molecule has 1 aromatic carbocycles. The van der Waals surface area contributed by atoms with Gasteiger partial charge < -0.3 is 14.8 Å². The van der Waals surface area contributed by atoms with Crippen molar-refractivity contribution in [3.05, 3.63) is 58.5 Å². The largest absolute Gasteiger partial charge is 0.458 e. The number of carbonyl (C=O) groups is 1. The summed E-state index contributed by atoms with van der Waals surface area (Å²) in [6.45, 7) is 0.435. The molecule has 1 fully saturated rings. The first-order chi connectivity index (χ1) is 12.7. The predicted molar refractivity (Wildman–Crippen MR) is 103 cm³/mol. The van der Waals surface area contributed by atoms with Crippen molar-refractivity contribution in [1.29, 1.82) is 0 Å². The van der Waals surface area contributed by atoms with E-state index in [1.807, 2.05) is 41.8 Å². The Morgan fingerprint density at radius 3 is 2.77 bits per heavy atom. The van der Waals surface area contributed by atoms with Crippen LogP contribution in [0.5, 0.6) is 0 Å². The molecule has 2 N–H and O–H groups in total. The van der Waals surface area contributed by atoms with Gasteiger partial charge in [-0.3, -0.25) is 4.79 Å². The standard InChI is InChI=1S/C21H23NO3S/c23-16(18-14-15-6-1-2-7-17(15)25-18)9-12-22-20(24)21(10-3-4-11-21)19-8-5-13-26-19/h1-2,5-8,13-14,16,23H,3-4,9-12H2,(H,22,24)/t16-/m0/s1. The van der Waals surface area contributed by atoms with E-state index in [1.54, 1.807) is 11.3 Å². The highest BCUT2D eigenvalue weighted by Gasteiger charge is 2.43. The zero-order valence-electron chi connectivity index (χ0n) is 14.6. The number of aliphatic hydroxyl groups excluding tert-OH is 1. The lowest BCUT2D eigenvalue weighted by Gasteiger charge is -2.26. The first-order valence-electron chi connectivity index (χ1n) is 9.18. The summed E-state index contributed by atoms with van der Waals surface area (Å²) in [6.07, 6.45) is 3.71. The number of amides is 1. The fourth-order valence-corrected chi connectivity index (χ4v) is 4.90. The second-order valence-electron chi connectivity index (χ2n) is 7.01. The molecular weight excluding hydrogens is 346 g/mol. The molecule has 0 radical (unpaired) electrons. The van der Waals surface area contributed by atoms with E-state index >= 15 is 0 Å². The molecule has 1 atom stereocenters. The lowest BCUT2D eigenvalue weighted by molar-refractivity contribution is -0.126. The Morgan fingerprint density at radius 1 is 1.23 bits per heavy atom. The highest BCUT2D eigenvalue weighted by Crippen LogP contribution is 2.43. The van der Waals surface area contributed by atoms with E-state index in [-0.39, 0.29) is 11.3 Å². The van der Waals surface area contributed by atoms with Crippen LogP contribution < -0.4 is 5.32 Å². The van der Waals surface area contributed by atoms with E-state index in [2.05, 4.69) is 11.4 Å². The molecule has 2 heterocycles. The van der Waals surface area contributed by atoms with Gasteiger partial charge >= 0.3 is 0 Å². The van der Waals surface area contributed by atoms with Crippen molar-refractivity contribution in [2.75, 3.05) is 6.54 Å². The second-order valence-corrected chi connectivity index (χ2v) is 7.96. The summed E-state index contributed by atoms with van der Waals surface area (Å²) in [4.78, 5) is 14.1. The molecule has 0 saturated heterocycles. The summed E-state index contributed by atoms with van der Waals surface area (Å²) >= 11 is 1.66. The number of para-hydroxylation sites is 1. The SMILES string of the molecule is O=C(NCC[C@H](O)c1cc2ccccc2o1)C1(c2cccs2)CCCC1. The van der Waals surface area contributed by atoms with Gasteiger partial charge in [0.2, 0.25) is 5.91 Å². The fraction of sp³-hybridized carbons (Fsp3) is 0.381. The first kappa shape index (κ1) is 17.3. The van der Waals surface area contributed by atoms with E-state index in [9.17, 15) is 9.90 Å². The lowest BCUT2D eigenvalue weighted by Crippen LogP contribution is -2.42. The van der Waals surface area contributed by atoms with Gasteiger partial charge in [0.15, 0.2) is 0 Å². The lowest BCUT2D eigenvalue weighted by atomic mass is 9.83. The molecule has 4 nitrogen and oxygen atoms in total. The molecule has 5 heteroatoms. The zero-order valence-corrected chi connectivity index (χ0v) is 15.4. The van der Waals surface area contributed by atoms with Crippen LogP contribution in [0.1, 0.15) is 48.8 Å². The Kier molecular flexibility index (Phi) is 4.83. The number of fused-ring (bicyclic) bond motifs is 1. The molecule has 26 heavy (non-hydrogen) atoms. The average molecular weight is 369 g/mol. The Hall–Kier alpha value is -2.11. The van der Waals surface area contributed by atoms with Gasteiger partial charge in [-0.05, 0) is 42.8 Å². The summed E-state index contributed by atoms with van der Waals surface area (Å²) < 4.78 is 5.70. The Labute approximate surface area is 156 Å². The summed E-state index contributed by atoms with van der Waals surface area (Å²) in [5.74, 6) is 0.642. The number of thiophene rings is 1. The maximum atomic E-state index is 12.9. The molecular formula is C21H23NO3S. The first-order valence-corrected chi connectivity index (χ1v) is 10.1. The number of hydrogen-bond acceptors (Lipinski definition) is 4. The number of rotatable bonds is 6. The third-order valence-electron chi connectivity index (χ3n) is 5.36. The highest BCUT2D eigenvalue weighted by molar-refractivity contribution is 7.10. The van der Waals surface area contributed by atoms with Gasteiger partial charge in [-0.15, -0.1) is 11.3 Å². The van der Waals surface area contributed by atoms with Gasteiger partial charge in [-0.25, -0.2) is 0 Å². The predicted octanol–water partition coefficient (Wildman–Crippen LogP) is 4.55. The van der Waals surface area contributed by atoms with Crippen LogP contribution in [-0.4, -0.2) is 17.6 Å². The van der Waals surface area contributed by atoms with Gasteiger partial charge in [-0.1, -0.05) is 37.1 Å². The van der Waals surface area contributed by atoms with Gasteiger partial charge in [-0.2, -0.15) is 0 Å². The van der Waals surface area contributed by atoms with E-state index in [4.69, 9.17) is 4.42 Å². The normalized spacial score (nSPS) is 17.4. The number of nitrogens with one attached hydrogen (secondary N) is 1. The minimum atomic E-state index is -0.719. The molecule has 0 bridgehead atoms. The maximum Gasteiger partial charge on any atom is 0.231 e. The number of hydrogen-bond donors (Lipinski definition) is 2. The van der Waals surface area contributed by atoms with Gasteiger partial charge in [0.25, 0.3) is 0 Å². The van der Waals surface area contributed by atoms with Crippen LogP contribution >= 0.6 is 11.3 Å². The molecule has 4 rings (SSSR count). The quantitative estimate of drug-likeness (QED) is 0.670. The Morgan fingerprint density at radius 2 is 2.04 bits per heavy atom. The third kappa shape index (κ3) is 3.17. The van der Waals surface area contributed by atoms with E-state index < -0.39 is 6.10 Å². The van der Waals surface area contributed by atoms with Crippen LogP contribution in [-0.2, 0) is 10.2 Å². The molecule has 0 spiro atoms. The summed E-state index contributed by atoms with van der Waals surface area (Å²) in [6, 6.07) is 13.6. The number of carbonyl (C=O) groups excluding carboxylic acids is 1. The molecule has 1 saturated carbocycles. The number of aliphatic hydroxyl groups is 1. The molecule has 136 valence electrons. The average Bonchev–Trinajstić information content (AvgIpc) is 3.41. The minimum Gasteiger partial charge on any atom is -0.458 e. The molecule has 1 aliphatic carbocycles. The van der Waals surface area contributed by atoms with Crippen molar-refractivity contribution in [1.82, 2.24) is 5.32 Å². The van der Waals surface area contributed by atoms with Crippen molar-refractivity contribution in [2.24, 2.45) is 0 Å². The van der Waals surface area contributed by atoms with Gasteiger partial charge in [0.05, 0.1) is 5.41 Å². The maximum absolute atomic E-state index is 12.9. The minimum absolute atomic E-state index is 0.0919. The summed E-state index contributed by atoms with van der Waals surface area (Å²) in [5, 5.41) is 16.5. The number of furan rings is 1. The number of benzene rings is 1. The van der Waals surface area contributed by atoms with Crippen LogP contribution in [0.15, 0.2) is 52.3 Å². The van der Waals surface area contributed by atoms with Crippen molar-refractivity contribution in [3.8, 4) is 0 Å². The zero-order chi connectivity index (χ0) is 18.0. The molecule has 0 unspecified atom stereocenters. The van der Waals surface area contributed by atoms with E-state index in [0.29, 0.717) is 18.7 Å². The smallest absolute Gasteiger partial charge is 0.231 e. The van der Waals surface area contributed by atoms with Gasteiger partial charge in [0.1, 0.15) is 17.4 Å². The summed E-state index contributed by atoms with van der Waals surface area (Å²) in [5.41, 5.74) is 0.395. The molecule has 0 aliphatic heterocycles. The molecule has 1 aliphatic rings. The van der Waals surface area contributed by atoms with Crippen LogP contribution in [0.2, 0.25) is 0 Å². The molecule has 2 aromatic heterocycles. The monoisotopic (exact) mass is 369 g/mol. The van der Waals surface area contributed by atoms with Crippen LogP contribution in [0.25, 0.3) is 11.0 Å². The van der Waals surface area contributed by atoms with Crippen LogP contribution in [0.3, 0.4) is 0 Å². The fourth-order valence-electron chi connectivity index (χ4n) is 3.92. The Balaban J connectivity index is 1.38. The highest BCUT2D eigenvalue weighted by atomic mass is 32.1. The van der Waals surface area contributed by atoms with Gasteiger partial charge in [0, 0.05) is 16.8 Å². The topological polar surface area (TPSA) is 62.5 Å². The Bertz CT molecular complexity index is 845. The van der Waals surface area contributed by atoms with Crippen molar-refractivity contribution < 1.29 is 14.3 Å². The third-order valence-corrected chi connectivity index (χ3v) is 6.43. The molecule has 3 aromatic rings. The van der Waals surface area contributed by atoms with Crippen LogP contribution in [0, 0.1) is 0 Å². The second kappa shape index (κ2) is 7.25. The van der Waals surface area contributed by atoms with E-state index in [0.717, 1.165) is 41.5 Å². The summed E-state index contributed by atoms with van der Waals surface area (Å²) in [7, 11) is 0. The van der Waals surface area contributed by atoms with Crippen molar-refractivity contribution in [2.45, 2.75) is 43.6 Å². The van der Waals surface area contributed by atoms with Crippen molar-refractivity contribution >= 4 is 28.2 Å². The van der Waals surface area contributed by atoms with Crippen LogP contribution in [0.4, 0.5) is 0 Å². The molecule has 1 amide bonds.